The summed E-state index contributed by atoms with van der Waals surface area (Å²) in [6.45, 7) is 4.20. The highest BCUT2D eigenvalue weighted by Gasteiger charge is 2.14. The first kappa shape index (κ1) is 47.6. The highest BCUT2D eigenvalue weighted by molar-refractivity contribution is 5.80. The molecule has 1 unspecified atom stereocenters. The molecule has 0 fully saturated rings. The largest absolute Gasteiger partial charge is 0.480 e. The number of nitrogens with one attached hydrogen (secondary N) is 1. The van der Waals surface area contributed by atoms with Gasteiger partial charge in [-0.2, -0.15) is 0 Å². The Morgan fingerprint density at radius 3 is 1.52 bits per heavy atom. The van der Waals surface area contributed by atoms with Gasteiger partial charge in [-0.3, -0.25) is 14.4 Å². The lowest BCUT2D eigenvalue weighted by molar-refractivity contribution is -0.150. The van der Waals surface area contributed by atoms with Crippen LogP contribution in [0.2, 0.25) is 0 Å². The number of carbonyl (C=O) groups is 3. The van der Waals surface area contributed by atoms with Gasteiger partial charge in [0, 0.05) is 12.8 Å². The smallest absolute Gasteiger partial charge is 0.322 e. The number of aliphatic carboxylic acids is 1. The van der Waals surface area contributed by atoms with Crippen molar-refractivity contribution in [3.05, 3.63) is 36.5 Å². The maximum absolute atomic E-state index is 12.7. The number of ether oxygens (including phenoxy) is 1. The third kappa shape index (κ3) is 38.4. The number of allylic oxidation sites excluding steroid dienone is 6. The monoisotopic (exact) mass is 702 g/mol. The van der Waals surface area contributed by atoms with Gasteiger partial charge in [-0.05, 0) is 89.9 Å². The Hall–Kier alpha value is -2.37. The molecule has 0 saturated carbocycles. The van der Waals surface area contributed by atoms with Crippen LogP contribution in [-0.4, -0.2) is 35.6 Å². The Balaban J connectivity index is 4.24. The van der Waals surface area contributed by atoms with Crippen molar-refractivity contribution in [1.29, 1.82) is 0 Å². The molecule has 0 heterocycles. The summed E-state index contributed by atoms with van der Waals surface area (Å²) in [4.78, 5) is 35.0. The van der Waals surface area contributed by atoms with Crippen molar-refractivity contribution in [2.75, 3.05) is 6.54 Å². The fourth-order valence-electron chi connectivity index (χ4n) is 6.13. The van der Waals surface area contributed by atoms with Gasteiger partial charge < -0.3 is 15.2 Å². The van der Waals surface area contributed by atoms with E-state index in [1.165, 1.54) is 103 Å². The summed E-state index contributed by atoms with van der Waals surface area (Å²) >= 11 is 0. The average molecular weight is 702 g/mol. The topological polar surface area (TPSA) is 92.7 Å². The van der Waals surface area contributed by atoms with Crippen LogP contribution in [0.1, 0.15) is 213 Å². The van der Waals surface area contributed by atoms with E-state index < -0.39 is 5.97 Å². The summed E-state index contributed by atoms with van der Waals surface area (Å²) in [5.74, 6) is -1.26. The van der Waals surface area contributed by atoms with Crippen LogP contribution in [0.15, 0.2) is 36.5 Å². The van der Waals surface area contributed by atoms with Crippen LogP contribution in [-0.2, 0) is 19.1 Å². The number of esters is 1. The van der Waals surface area contributed by atoms with Gasteiger partial charge in [-0.15, -0.1) is 0 Å². The first-order chi connectivity index (χ1) is 24.5. The highest BCUT2D eigenvalue weighted by Crippen LogP contribution is 2.18. The molecule has 0 aromatic carbocycles. The molecule has 0 aliphatic carbocycles. The van der Waals surface area contributed by atoms with Gasteiger partial charge in [-0.1, -0.05) is 147 Å². The molecule has 0 bridgehead atoms. The van der Waals surface area contributed by atoms with Crippen LogP contribution in [0.25, 0.3) is 0 Å². The molecule has 0 saturated heterocycles. The predicted molar refractivity (Wildman–Crippen MR) is 212 cm³/mol. The quantitative estimate of drug-likeness (QED) is 0.0380. The Morgan fingerprint density at radius 1 is 0.520 bits per heavy atom. The number of carboxylic acids is 1. The molecule has 0 rings (SSSR count). The van der Waals surface area contributed by atoms with Crippen molar-refractivity contribution >= 4 is 17.8 Å². The van der Waals surface area contributed by atoms with Gasteiger partial charge in [0.15, 0.2) is 0 Å². The summed E-state index contributed by atoms with van der Waals surface area (Å²) in [6, 6.07) is 0. The van der Waals surface area contributed by atoms with Gasteiger partial charge >= 0.3 is 11.9 Å². The summed E-state index contributed by atoms with van der Waals surface area (Å²) in [6.07, 6.45) is 48.3. The summed E-state index contributed by atoms with van der Waals surface area (Å²) in [5.41, 5.74) is 0. The number of hydrogen-bond donors (Lipinski definition) is 2. The lowest BCUT2D eigenvalue weighted by atomic mass is 10.0. The van der Waals surface area contributed by atoms with Crippen molar-refractivity contribution in [2.45, 2.75) is 219 Å². The van der Waals surface area contributed by atoms with E-state index in [1.807, 2.05) is 0 Å². The van der Waals surface area contributed by atoms with E-state index in [9.17, 15) is 14.4 Å². The fraction of sp³-hybridized carbons (Fsp3) is 0.795. The zero-order valence-corrected chi connectivity index (χ0v) is 32.7. The third-order valence-electron chi connectivity index (χ3n) is 9.28. The van der Waals surface area contributed by atoms with Crippen LogP contribution >= 0.6 is 0 Å². The van der Waals surface area contributed by atoms with Gasteiger partial charge in [0.1, 0.15) is 12.6 Å². The van der Waals surface area contributed by atoms with Gasteiger partial charge in [-0.25, -0.2) is 0 Å². The molecule has 0 aliphatic rings. The first-order valence-corrected chi connectivity index (χ1v) is 21.1. The number of amides is 1. The van der Waals surface area contributed by atoms with E-state index in [4.69, 9.17) is 9.84 Å². The van der Waals surface area contributed by atoms with Crippen molar-refractivity contribution < 1.29 is 24.2 Å². The third-order valence-corrected chi connectivity index (χ3v) is 9.28. The van der Waals surface area contributed by atoms with Gasteiger partial charge in [0.25, 0.3) is 0 Å². The molecule has 6 heteroatoms. The number of unbranched alkanes of at least 4 members (excludes halogenated alkanes) is 21. The van der Waals surface area contributed by atoms with E-state index in [-0.39, 0.29) is 24.5 Å². The predicted octanol–water partition coefficient (Wildman–Crippen LogP) is 12.9. The summed E-state index contributed by atoms with van der Waals surface area (Å²) in [5, 5.41) is 11.1. The average Bonchev–Trinajstić information content (AvgIpc) is 3.10. The molecule has 6 nitrogen and oxygen atoms in total. The van der Waals surface area contributed by atoms with Gasteiger partial charge in [0.2, 0.25) is 5.91 Å². The minimum absolute atomic E-state index is 0.0108. The van der Waals surface area contributed by atoms with E-state index in [0.29, 0.717) is 12.8 Å². The second kappa shape index (κ2) is 39.4. The molecule has 2 N–H and O–H groups in total. The maximum Gasteiger partial charge on any atom is 0.322 e. The minimum atomic E-state index is -1.02. The molecular formula is C44H79NO5. The fourth-order valence-corrected chi connectivity index (χ4v) is 6.13. The van der Waals surface area contributed by atoms with E-state index >= 15 is 0 Å². The Morgan fingerprint density at radius 2 is 0.940 bits per heavy atom. The van der Waals surface area contributed by atoms with Crippen molar-refractivity contribution in [2.24, 2.45) is 0 Å². The normalized spacial score (nSPS) is 12.4. The van der Waals surface area contributed by atoms with Crippen molar-refractivity contribution in [1.82, 2.24) is 5.32 Å². The van der Waals surface area contributed by atoms with E-state index in [1.54, 1.807) is 0 Å². The standard InChI is InChI=1S/C44H79NO5/c1-3-5-7-9-11-13-15-17-18-20-22-24-26-31-35-39-44(49)50-41(37-33-29-27-30-34-38-42(46)45-40-43(47)48)36-32-28-25-23-21-19-16-14-12-10-8-6-4-2/h11,13,17-18,23,25,41H,3-10,12,14-16,19-22,24,26-40H2,1-2H3,(H,45,46)(H,47,48)/b13-11-,18-17-,25-23-. The van der Waals surface area contributed by atoms with Crippen molar-refractivity contribution in [3.8, 4) is 0 Å². The molecule has 290 valence electrons. The molecule has 1 atom stereocenters. The van der Waals surface area contributed by atoms with Crippen LogP contribution in [0, 0.1) is 0 Å². The van der Waals surface area contributed by atoms with E-state index in [0.717, 1.165) is 83.5 Å². The number of carboxylic acid groups (broad SMARTS) is 1. The first-order valence-electron chi connectivity index (χ1n) is 21.1. The molecule has 0 spiro atoms. The Labute approximate surface area is 308 Å². The second-order valence-electron chi connectivity index (χ2n) is 14.2. The van der Waals surface area contributed by atoms with Gasteiger partial charge in [0.05, 0.1) is 0 Å². The van der Waals surface area contributed by atoms with Crippen LogP contribution in [0.4, 0.5) is 0 Å². The zero-order valence-electron chi connectivity index (χ0n) is 32.7. The molecule has 0 aromatic rings. The molecule has 1 amide bonds. The van der Waals surface area contributed by atoms with Crippen LogP contribution < -0.4 is 5.32 Å². The molecular weight excluding hydrogens is 622 g/mol. The number of carbonyl (C=O) groups excluding carboxylic acids is 2. The minimum Gasteiger partial charge on any atom is -0.480 e. The number of hydrogen-bond acceptors (Lipinski definition) is 4. The maximum atomic E-state index is 12.7. The molecule has 0 aliphatic heterocycles. The summed E-state index contributed by atoms with van der Waals surface area (Å²) < 4.78 is 6.00. The molecule has 50 heavy (non-hydrogen) atoms. The lowest BCUT2D eigenvalue weighted by Gasteiger charge is -2.18. The summed E-state index contributed by atoms with van der Waals surface area (Å²) in [7, 11) is 0. The van der Waals surface area contributed by atoms with Crippen LogP contribution in [0.5, 0.6) is 0 Å². The van der Waals surface area contributed by atoms with Crippen LogP contribution in [0.3, 0.4) is 0 Å². The second-order valence-corrected chi connectivity index (χ2v) is 14.2. The lowest BCUT2D eigenvalue weighted by Crippen LogP contribution is -2.28. The molecule has 0 radical (unpaired) electrons. The van der Waals surface area contributed by atoms with E-state index in [2.05, 4.69) is 55.6 Å². The Bertz CT molecular complexity index is 864. The highest BCUT2D eigenvalue weighted by atomic mass is 16.5. The zero-order chi connectivity index (χ0) is 36.6. The SMILES string of the molecule is CCCCC/C=C\C/C=C\CCCCCCCC(=O)OC(CCC/C=C\CCCCCCCCCC)CCCCCCCC(=O)NCC(=O)O. The van der Waals surface area contributed by atoms with Crippen molar-refractivity contribution in [3.63, 3.8) is 0 Å². The Kier molecular flexibility index (Phi) is 37.5. The molecule has 0 aromatic heterocycles. The number of rotatable bonds is 38.